The van der Waals surface area contributed by atoms with Gasteiger partial charge in [-0.2, -0.15) is 0 Å². The number of methoxy groups -OCH3 is 1. The summed E-state index contributed by atoms with van der Waals surface area (Å²) in [5, 5.41) is 12.2. The number of carbonyl (C=O) groups is 1. The molecule has 0 saturated carbocycles. The number of hydrogen-bond donors (Lipinski definition) is 2. The van der Waals surface area contributed by atoms with Crippen molar-refractivity contribution in [3.8, 4) is 5.75 Å². The molecule has 2 N–H and O–H groups in total. The lowest BCUT2D eigenvalue weighted by Crippen LogP contribution is -2.32. The van der Waals surface area contributed by atoms with Gasteiger partial charge in [-0.15, -0.1) is 0 Å². The molecule has 0 saturated heterocycles. The maximum absolute atomic E-state index is 11.5. The molecule has 4 nitrogen and oxygen atoms in total. The molecule has 0 aliphatic rings. The van der Waals surface area contributed by atoms with Crippen LogP contribution in [0.4, 0.5) is 0 Å². The Hall–Kier alpha value is -1.55. The molecule has 0 aliphatic heterocycles. The summed E-state index contributed by atoms with van der Waals surface area (Å²) in [5.41, 5.74) is 0.630. The van der Waals surface area contributed by atoms with Crippen LogP contribution >= 0.6 is 0 Å². The van der Waals surface area contributed by atoms with Crippen LogP contribution in [0.25, 0.3) is 0 Å². The number of nitrogens with one attached hydrogen (secondary N) is 1. The second kappa shape index (κ2) is 6.12. The van der Waals surface area contributed by atoms with Gasteiger partial charge in [-0.1, -0.05) is 18.2 Å². The van der Waals surface area contributed by atoms with Gasteiger partial charge >= 0.3 is 0 Å². The van der Waals surface area contributed by atoms with Gasteiger partial charge in [-0.05, 0) is 13.0 Å². The van der Waals surface area contributed by atoms with E-state index in [4.69, 9.17) is 4.74 Å². The van der Waals surface area contributed by atoms with E-state index in [1.54, 1.807) is 31.4 Å². The predicted molar refractivity (Wildman–Crippen MR) is 61.3 cm³/mol. The van der Waals surface area contributed by atoms with E-state index in [1.807, 2.05) is 6.92 Å². The third kappa shape index (κ3) is 3.90. The second-order valence-corrected chi connectivity index (χ2v) is 3.66. The molecule has 16 heavy (non-hydrogen) atoms. The Balaban J connectivity index is 2.43. The zero-order valence-electron chi connectivity index (χ0n) is 9.56. The lowest BCUT2D eigenvalue weighted by molar-refractivity contribution is -0.120. The average molecular weight is 223 g/mol. The molecule has 88 valence electrons. The Kier molecular flexibility index (Phi) is 4.79. The fourth-order valence-corrected chi connectivity index (χ4v) is 1.24. The van der Waals surface area contributed by atoms with Gasteiger partial charge in [0.25, 0.3) is 0 Å². The van der Waals surface area contributed by atoms with Crippen molar-refractivity contribution >= 4 is 5.91 Å². The smallest absolute Gasteiger partial charge is 0.224 e. The summed E-state index contributed by atoms with van der Waals surface area (Å²) < 4.78 is 5.01. The number of para-hydroxylation sites is 1. The molecule has 0 spiro atoms. The molecule has 1 aromatic rings. The zero-order valence-corrected chi connectivity index (χ0v) is 9.56. The summed E-state index contributed by atoms with van der Waals surface area (Å²) in [7, 11) is 1.60. The highest BCUT2D eigenvalue weighted by Gasteiger charge is 2.07. The number of aromatic hydroxyl groups is 1. The van der Waals surface area contributed by atoms with Crippen molar-refractivity contribution in [2.75, 3.05) is 13.7 Å². The summed E-state index contributed by atoms with van der Waals surface area (Å²) in [4.78, 5) is 11.5. The Morgan fingerprint density at radius 1 is 1.50 bits per heavy atom. The monoisotopic (exact) mass is 223 g/mol. The Bertz CT molecular complexity index is 352. The van der Waals surface area contributed by atoms with Gasteiger partial charge < -0.3 is 15.2 Å². The number of ether oxygens (including phenoxy) is 1. The fraction of sp³-hybridized carbons (Fsp3) is 0.417. The van der Waals surface area contributed by atoms with Crippen LogP contribution in [-0.4, -0.2) is 30.8 Å². The molecule has 1 amide bonds. The number of phenolic OH excluding ortho intramolecular Hbond substituents is 1. The Morgan fingerprint density at radius 3 is 2.81 bits per heavy atom. The first-order valence-electron chi connectivity index (χ1n) is 5.20. The fourth-order valence-electron chi connectivity index (χ4n) is 1.24. The zero-order chi connectivity index (χ0) is 12.0. The highest BCUT2D eigenvalue weighted by Crippen LogP contribution is 2.15. The van der Waals surface area contributed by atoms with Crippen LogP contribution in [0.3, 0.4) is 0 Å². The van der Waals surface area contributed by atoms with Gasteiger partial charge in [-0.3, -0.25) is 4.79 Å². The van der Waals surface area contributed by atoms with E-state index in [-0.39, 0.29) is 24.2 Å². The minimum absolute atomic E-state index is 0.00618. The van der Waals surface area contributed by atoms with Crippen LogP contribution in [0.1, 0.15) is 12.5 Å². The van der Waals surface area contributed by atoms with Crippen LogP contribution < -0.4 is 5.32 Å². The summed E-state index contributed by atoms with van der Waals surface area (Å²) in [6, 6.07) is 6.82. The van der Waals surface area contributed by atoms with E-state index < -0.39 is 0 Å². The first-order chi connectivity index (χ1) is 7.63. The average Bonchev–Trinajstić information content (AvgIpc) is 2.29. The summed E-state index contributed by atoms with van der Waals surface area (Å²) in [6.07, 6.45) is 0.177. The lowest BCUT2D eigenvalue weighted by atomic mass is 10.1. The Morgan fingerprint density at radius 2 is 2.19 bits per heavy atom. The Labute approximate surface area is 95.2 Å². The SMILES string of the molecule is COC(C)CNC(=O)Cc1ccccc1O. The molecule has 0 aromatic heterocycles. The second-order valence-electron chi connectivity index (χ2n) is 3.66. The number of carbonyl (C=O) groups excluding carboxylic acids is 1. The van der Waals surface area contributed by atoms with Crippen LogP contribution in [0.5, 0.6) is 5.75 Å². The normalized spacial score (nSPS) is 12.1. The van der Waals surface area contributed by atoms with Crippen molar-refractivity contribution < 1.29 is 14.6 Å². The number of phenols is 1. The van der Waals surface area contributed by atoms with Crippen molar-refractivity contribution in [1.82, 2.24) is 5.32 Å². The highest BCUT2D eigenvalue weighted by molar-refractivity contribution is 5.79. The van der Waals surface area contributed by atoms with Crippen molar-refractivity contribution in [2.24, 2.45) is 0 Å². The van der Waals surface area contributed by atoms with Crippen molar-refractivity contribution in [3.63, 3.8) is 0 Å². The molecule has 4 heteroatoms. The maximum atomic E-state index is 11.5. The molecule has 0 fully saturated rings. The van der Waals surface area contributed by atoms with Gasteiger partial charge in [0.05, 0.1) is 12.5 Å². The quantitative estimate of drug-likeness (QED) is 0.785. The van der Waals surface area contributed by atoms with Gasteiger partial charge in [0.1, 0.15) is 5.75 Å². The van der Waals surface area contributed by atoms with E-state index in [0.29, 0.717) is 12.1 Å². The predicted octanol–water partition coefficient (Wildman–Crippen LogP) is 1.09. The van der Waals surface area contributed by atoms with Crippen molar-refractivity contribution in [3.05, 3.63) is 29.8 Å². The highest BCUT2D eigenvalue weighted by atomic mass is 16.5. The summed E-state index contributed by atoms with van der Waals surface area (Å²) in [5.74, 6) is 0.0304. The van der Waals surface area contributed by atoms with Crippen molar-refractivity contribution in [2.45, 2.75) is 19.4 Å². The molecule has 1 atom stereocenters. The lowest BCUT2D eigenvalue weighted by Gasteiger charge is -2.11. The number of amides is 1. The minimum atomic E-state index is -0.120. The summed E-state index contributed by atoms with van der Waals surface area (Å²) in [6.45, 7) is 2.35. The van der Waals surface area contributed by atoms with Crippen LogP contribution in [0.15, 0.2) is 24.3 Å². The van der Waals surface area contributed by atoms with E-state index in [1.165, 1.54) is 0 Å². The van der Waals surface area contributed by atoms with E-state index in [9.17, 15) is 9.90 Å². The van der Waals surface area contributed by atoms with Gasteiger partial charge in [0, 0.05) is 19.2 Å². The largest absolute Gasteiger partial charge is 0.508 e. The first-order valence-corrected chi connectivity index (χ1v) is 5.20. The molecular formula is C12H17NO3. The standard InChI is InChI=1S/C12H17NO3/c1-9(16-2)8-13-12(15)7-10-5-3-4-6-11(10)14/h3-6,9,14H,7-8H2,1-2H3,(H,13,15). The van der Waals surface area contributed by atoms with Gasteiger partial charge in [-0.25, -0.2) is 0 Å². The molecule has 1 rings (SSSR count). The maximum Gasteiger partial charge on any atom is 0.224 e. The molecule has 0 heterocycles. The van der Waals surface area contributed by atoms with E-state index in [2.05, 4.69) is 5.32 Å². The number of rotatable bonds is 5. The molecule has 0 aliphatic carbocycles. The van der Waals surface area contributed by atoms with Crippen LogP contribution in [0.2, 0.25) is 0 Å². The third-order valence-corrected chi connectivity index (χ3v) is 2.33. The number of benzene rings is 1. The van der Waals surface area contributed by atoms with Crippen LogP contribution in [0, 0.1) is 0 Å². The van der Waals surface area contributed by atoms with Gasteiger partial charge in [0.2, 0.25) is 5.91 Å². The first kappa shape index (κ1) is 12.5. The molecule has 0 bridgehead atoms. The molecule has 1 unspecified atom stereocenters. The minimum Gasteiger partial charge on any atom is -0.508 e. The summed E-state index contributed by atoms with van der Waals surface area (Å²) >= 11 is 0. The number of hydrogen-bond acceptors (Lipinski definition) is 3. The molecular weight excluding hydrogens is 206 g/mol. The van der Waals surface area contributed by atoms with E-state index >= 15 is 0 Å². The topological polar surface area (TPSA) is 58.6 Å². The van der Waals surface area contributed by atoms with Crippen molar-refractivity contribution in [1.29, 1.82) is 0 Å². The van der Waals surface area contributed by atoms with Crippen LogP contribution in [-0.2, 0) is 16.0 Å². The van der Waals surface area contributed by atoms with E-state index in [0.717, 1.165) is 0 Å². The molecule has 1 aromatic carbocycles. The van der Waals surface area contributed by atoms with Gasteiger partial charge in [0.15, 0.2) is 0 Å². The third-order valence-electron chi connectivity index (χ3n) is 2.33. The molecule has 0 radical (unpaired) electrons.